The summed E-state index contributed by atoms with van der Waals surface area (Å²) in [5.74, 6) is 5.10. The molecule has 1 aromatic rings. The van der Waals surface area contributed by atoms with Gasteiger partial charge in [-0.1, -0.05) is 3.89 Å². The van der Waals surface area contributed by atoms with Crippen molar-refractivity contribution in [2.24, 2.45) is 5.90 Å². The monoisotopic (exact) mass is 251 g/mol. The molecule has 0 saturated heterocycles. The molecule has 0 aromatic heterocycles. The van der Waals surface area contributed by atoms with Crippen molar-refractivity contribution in [1.29, 1.82) is 0 Å². The van der Waals surface area contributed by atoms with Gasteiger partial charge in [0.2, 0.25) is 0 Å². The molecule has 1 rings (SSSR count). The summed E-state index contributed by atoms with van der Waals surface area (Å²) in [6.07, 6.45) is 0. The molecule has 0 radical (unpaired) electrons. The molecule has 8 heteroatoms. The Kier molecular flexibility index (Phi) is 4.47. The van der Waals surface area contributed by atoms with Gasteiger partial charge in [0, 0.05) is 0 Å². The van der Waals surface area contributed by atoms with Gasteiger partial charge in [-0.3, -0.25) is 0 Å². The molecule has 0 unspecified atom stereocenters. The fourth-order valence-corrected chi connectivity index (χ4v) is 1.25. The lowest BCUT2D eigenvalue weighted by Gasteiger charge is -2.05. The van der Waals surface area contributed by atoms with Gasteiger partial charge < -0.3 is 13.8 Å². The van der Waals surface area contributed by atoms with E-state index in [4.69, 9.17) is 10.6 Å². The standard InChI is InChI=1S/C8H10FNO5S/c9-16(11,12)15-8-3-1-7(2-4-8)13-5-6-14-10/h1-4H,5-6,10H2. The molecule has 1 aromatic carbocycles. The first-order chi connectivity index (χ1) is 7.51. The summed E-state index contributed by atoms with van der Waals surface area (Å²) in [6.45, 7) is 0.467. The maximum atomic E-state index is 12.1. The SMILES string of the molecule is NOCCOc1ccc(OS(=O)(=O)F)cc1. The normalized spacial score (nSPS) is 11.1. The van der Waals surface area contributed by atoms with Crippen molar-refractivity contribution < 1.29 is 26.1 Å². The van der Waals surface area contributed by atoms with Gasteiger partial charge in [0.25, 0.3) is 0 Å². The van der Waals surface area contributed by atoms with Crippen molar-refractivity contribution in [3.05, 3.63) is 24.3 Å². The van der Waals surface area contributed by atoms with Crippen molar-refractivity contribution in [1.82, 2.24) is 0 Å². The molecule has 0 spiro atoms. The fraction of sp³-hybridized carbons (Fsp3) is 0.250. The highest BCUT2D eigenvalue weighted by molar-refractivity contribution is 7.81. The first-order valence-electron chi connectivity index (χ1n) is 4.20. The third-order valence-corrected chi connectivity index (χ3v) is 1.88. The van der Waals surface area contributed by atoms with Crippen molar-refractivity contribution in [2.45, 2.75) is 0 Å². The van der Waals surface area contributed by atoms with Crippen LogP contribution in [-0.2, 0) is 15.3 Å². The summed E-state index contributed by atoms with van der Waals surface area (Å²) in [6, 6.07) is 5.37. The molecule has 16 heavy (non-hydrogen) atoms. The number of benzene rings is 1. The molecule has 0 atom stereocenters. The second-order valence-corrected chi connectivity index (χ2v) is 3.62. The Morgan fingerprint density at radius 2 is 1.69 bits per heavy atom. The average Bonchev–Trinajstić information content (AvgIpc) is 2.19. The second-order valence-electron chi connectivity index (χ2n) is 2.67. The zero-order valence-corrected chi connectivity index (χ0v) is 8.94. The second kappa shape index (κ2) is 5.64. The number of hydrogen-bond donors (Lipinski definition) is 1. The van der Waals surface area contributed by atoms with Crippen LogP contribution in [0, 0.1) is 0 Å². The van der Waals surface area contributed by atoms with E-state index >= 15 is 0 Å². The molecular formula is C8H10FNO5S. The van der Waals surface area contributed by atoms with Crippen molar-refractivity contribution in [2.75, 3.05) is 13.2 Å². The minimum absolute atomic E-state index is 0.134. The van der Waals surface area contributed by atoms with Crippen LogP contribution in [0.15, 0.2) is 24.3 Å². The van der Waals surface area contributed by atoms with E-state index in [1.165, 1.54) is 24.3 Å². The summed E-state index contributed by atoms with van der Waals surface area (Å²) in [5.41, 5.74) is 0. The van der Waals surface area contributed by atoms with E-state index in [0.717, 1.165) is 0 Å². The maximum absolute atomic E-state index is 12.1. The molecule has 0 aliphatic heterocycles. The number of nitrogens with two attached hydrogens (primary N) is 1. The molecule has 0 fully saturated rings. The molecule has 2 N–H and O–H groups in total. The predicted octanol–water partition coefficient (Wildman–Crippen LogP) is 0.549. The van der Waals surface area contributed by atoms with Gasteiger partial charge >= 0.3 is 10.5 Å². The van der Waals surface area contributed by atoms with Gasteiger partial charge in [0.1, 0.15) is 24.7 Å². The predicted molar refractivity (Wildman–Crippen MR) is 52.7 cm³/mol. The van der Waals surface area contributed by atoms with E-state index < -0.39 is 10.5 Å². The van der Waals surface area contributed by atoms with E-state index in [-0.39, 0.29) is 19.0 Å². The van der Waals surface area contributed by atoms with Crippen LogP contribution in [0.25, 0.3) is 0 Å². The summed E-state index contributed by atoms with van der Waals surface area (Å²) in [5, 5.41) is 0. The van der Waals surface area contributed by atoms with Crippen molar-refractivity contribution in [3.8, 4) is 11.5 Å². The quantitative estimate of drug-likeness (QED) is 0.451. The molecule has 0 aliphatic rings. The van der Waals surface area contributed by atoms with Crippen LogP contribution in [0.2, 0.25) is 0 Å². The molecule has 0 aliphatic carbocycles. The first-order valence-corrected chi connectivity index (χ1v) is 5.51. The van der Waals surface area contributed by atoms with Crippen LogP contribution in [0.5, 0.6) is 11.5 Å². The molecule has 0 bridgehead atoms. The minimum Gasteiger partial charge on any atom is -0.491 e. The van der Waals surface area contributed by atoms with E-state index in [0.29, 0.717) is 5.75 Å². The highest BCUT2D eigenvalue weighted by Gasteiger charge is 2.08. The Balaban J connectivity index is 2.54. The summed E-state index contributed by atoms with van der Waals surface area (Å²) >= 11 is 0. The number of hydrogen-bond acceptors (Lipinski definition) is 6. The Hall–Kier alpha value is -1.38. The Labute approximate surface area is 92.1 Å². The molecule has 0 amide bonds. The molecule has 0 heterocycles. The average molecular weight is 251 g/mol. The van der Waals surface area contributed by atoms with Gasteiger partial charge in [-0.15, -0.1) is 0 Å². The summed E-state index contributed by atoms with van der Waals surface area (Å²) < 4.78 is 41.5. The Bertz CT molecular complexity index is 419. The minimum atomic E-state index is -4.99. The van der Waals surface area contributed by atoms with Crippen LogP contribution in [0.3, 0.4) is 0 Å². The molecular weight excluding hydrogens is 241 g/mol. The van der Waals surface area contributed by atoms with Gasteiger partial charge in [-0.05, 0) is 24.3 Å². The maximum Gasteiger partial charge on any atom is 0.488 e. The van der Waals surface area contributed by atoms with Gasteiger partial charge in [0.05, 0.1) is 0 Å². The van der Waals surface area contributed by atoms with Crippen LogP contribution in [0.4, 0.5) is 3.89 Å². The number of rotatable bonds is 6. The Morgan fingerprint density at radius 1 is 1.12 bits per heavy atom. The van der Waals surface area contributed by atoms with Crippen LogP contribution in [-0.4, -0.2) is 21.6 Å². The third kappa shape index (κ3) is 4.91. The first kappa shape index (κ1) is 12.7. The molecule has 6 nitrogen and oxygen atoms in total. The number of halogens is 1. The highest BCUT2D eigenvalue weighted by Crippen LogP contribution is 2.19. The lowest BCUT2D eigenvalue weighted by atomic mass is 10.3. The van der Waals surface area contributed by atoms with Gasteiger partial charge in [-0.2, -0.15) is 8.42 Å². The summed E-state index contributed by atoms with van der Waals surface area (Å²) in [7, 11) is -4.99. The van der Waals surface area contributed by atoms with Gasteiger partial charge in [0.15, 0.2) is 0 Å². The third-order valence-electron chi connectivity index (χ3n) is 1.49. The molecule has 90 valence electrons. The zero-order chi connectivity index (χ0) is 12.0. The zero-order valence-electron chi connectivity index (χ0n) is 8.13. The fourth-order valence-electron chi connectivity index (χ4n) is 0.914. The smallest absolute Gasteiger partial charge is 0.488 e. The van der Waals surface area contributed by atoms with E-state index in [1.807, 2.05) is 0 Å². The lowest BCUT2D eigenvalue weighted by Crippen LogP contribution is -2.10. The largest absolute Gasteiger partial charge is 0.491 e. The van der Waals surface area contributed by atoms with E-state index in [1.54, 1.807) is 0 Å². The van der Waals surface area contributed by atoms with Crippen molar-refractivity contribution >= 4 is 10.5 Å². The van der Waals surface area contributed by atoms with Crippen LogP contribution >= 0.6 is 0 Å². The van der Waals surface area contributed by atoms with Gasteiger partial charge in [-0.25, -0.2) is 5.90 Å². The Morgan fingerprint density at radius 3 is 2.19 bits per heavy atom. The topological polar surface area (TPSA) is 87.8 Å². The highest BCUT2D eigenvalue weighted by atomic mass is 32.3. The van der Waals surface area contributed by atoms with E-state index in [2.05, 4.69) is 9.02 Å². The number of ether oxygens (including phenoxy) is 1. The molecule has 0 saturated carbocycles. The van der Waals surface area contributed by atoms with Crippen LogP contribution in [0.1, 0.15) is 0 Å². The van der Waals surface area contributed by atoms with Crippen molar-refractivity contribution in [3.63, 3.8) is 0 Å². The van der Waals surface area contributed by atoms with Crippen LogP contribution < -0.4 is 14.8 Å². The summed E-state index contributed by atoms with van der Waals surface area (Å²) in [4.78, 5) is 4.27. The lowest BCUT2D eigenvalue weighted by molar-refractivity contribution is 0.102. The van der Waals surface area contributed by atoms with E-state index in [9.17, 15) is 12.3 Å².